The summed E-state index contributed by atoms with van der Waals surface area (Å²) < 4.78 is 10.1. The summed E-state index contributed by atoms with van der Waals surface area (Å²) in [5.74, 6) is -0.847. The Morgan fingerprint density at radius 1 is 1.19 bits per heavy atom. The highest BCUT2D eigenvalue weighted by Crippen LogP contribution is 2.30. The van der Waals surface area contributed by atoms with Gasteiger partial charge in [-0.3, -0.25) is 9.69 Å². The van der Waals surface area contributed by atoms with Gasteiger partial charge in [0.05, 0.1) is 24.7 Å². The molecule has 8 nitrogen and oxygen atoms in total. The number of nitrogens with zero attached hydrogens (tertiary/aromatic N) is 1. The van der Waals surface area contributed by atoms with Crippen LogP contribution in [-0.2, 0) is 19.1 Å². The van der Waals surface area contributed by atoms with Gasteiger partial charge in [0.1, 0.15) is 6.61 Å². The summed E-state index contributed by atoms with van der Waals surface area (Å²) in [6, 6.07) is 0. The molecule has 3 N–H and O–H groups in total. The van der Waals surface area contributed by atoms with Crippen molar-refractivity contribution in [2.24, 2.45) is 17.8 Å². The molecule has 3 aliphatic rings. The van der Waals surface area contributed by atoms with Gasteiger partial charge in [-0.05, 0) is 18.5 Å². The number of fused-ring (bicyclic) bond motifs is 1. The van der Waals surface area contributed by atoms with Crippen molar-refractivity contribution >= 4 is 11.9 Å². The Labute approximate surface area is 189 Å². The van der Waals surface area contributed by atoms with Gasteiger partial charge < -0.3 is 25.0 Å². The number of aliphatic hydroxyl groups excluding tert-OH is 2. The maximum Gasteiger partial charge on any atom is 0.330 e. The number of hydrogen-bond acceptors (Lipinski definition) is 8. The molecule has 0 aromatic heterocycles. The minimum absolute atomic E-state index is 0.0153. The molecule has 1 saturated heterocycles. The number of carbonyl (C=O) groups is 2. The monoisotopic (exact) mass is 446 g/mol. The van der Waals surface area contributed by atoms with E-state index in [4.69, 9.17) is 9.47 Å². The van der Waals surface area contributed by atoms with E-state index in [1.165, 1.54) is 6.08 Å². The van der Waals surface area contributed by atoms with Crippen molar-refractivity contribution in [1.29, 1.82) is 0 Å². The van der Waals surface area contributed by atoms with Crippen LogP contribution in [0.15, 0.2) is 48.1 Å². The molecule has 5 atom stereocenters. The fourth-order valence-corrected chi connectivity index (χ4v) is 4.13. The van der Waals surface area contributed by atoms with Gasteiger partial charge in [0, 0.05) is 44.1 Å². The Bertz CT molecular complexity index is 774. The van der Waals surface area contributed by atoms with Gasteiger partial charge >= 0.3 is 11.9 Å². The predicted octanol–water partition coefficient (Wildman–Crippen LogP) is 0.581. The minimum Gasteiger partial charge on any atom is -0.465 e. The lowest BCUT2D eigenvalue weighted by molar-refractivity contribution is -0.140. The molecule has 1 aliphatic carbocycles. The largest absolute Gasteiger partial charge is 0.465 e. The van der Waals surface area contributed by atoms with Crippen molar-refractivity contribution in [3.8, 4) is 0 Å². The molecule has 3 rings (SSSR count). The van der Waals surface area contributed by atoms with Gasteiger partial charge in [-0.25, -0.2) is 4.79 Å². The first-order valence-corrected chi connectivity index (χ1v) is 11.3. The number of ether oxygens (including phenoxy) is 2. The number of aliphatic hydroxyl groups is 2. The number of rotatable bonds is 10. The van der Waals surface area contributed by atoms with Crippen LogP contribution in [0.5, 0.6) is 0 Å². The van der Waals surface area contributed by atoms with Crippen LogP contribution in [0.2, 0.25) is 0 Å². The number of hydrogen-bond donors (Lipinski definition) is 3. The lowest BCUT2D eigenvalue weighted by atomic mass is 9.86. The lowest BCUT2D eigenvalue weighted by Gasteiger charge is -2.26. The highest BCUT2D eigenvalue weighted by Gasteiger charge is 2.36. The predicted molar refractivity (Wildman–Crippen MR) is 120 cm³/mol. The van der Waals surface area contributed by atoms with E-state index >= 15 is 0 Å². The summed E-state index contributed by atoms with van der Waals surface area (Å²) >= 11 is 0. The fourth-order valence-electron chi connectivity index (χ4n) is 4.13. The van der Waals surface area contributed by atoms with Crippen molar-refractivity contribution in [1.82, 2.24) is 10.2 Å². The van der Waals surface area contributed by atoms with Crippen LogP contribution in [0.25, 0.3) is 0 Å². The quantitative estimate of drug-likeness (QED) is 0.254. The van der Waals surface area contributed by atoms with Crippen LogP contribution >= 0.6 is 0 Å². The zero-order valence-electron chi connectivity index (χ0n) is 18.6. The van der Waals surface area contributed by atoms with E-state index in [0.29, 0.717) is 32.7 Å². The van der Waals surface area contributed by atoms with Crippen molar-refractivity contribution in [2.75, 3.05) is 45.9 Å². The van der Waals surface area contributed by atoms with Gasteiger partial charge in [0.2, 0.25) is 0 Å². The molecule has 0 spiro atoms. The molecule has 2 aliphatic heterocycles. The molecule has 0 aromatic rings. The number of nitrogens with one attached hydrogen (secondary N) is 1. The van der Waals surface area contributed by atoms with Crippen molar-refractivity contribution in [2.45, 2.75) is 25.6 Å². The van der Waals surface area contributed by atoms with Crippen LogP contribution < -0.4 is 5.32 Å². The van der Waals surface area contributed by atoms with Gasteiger partial charge in [0.25, 0.3) is 0 Å². The summed E-state index contributed by atoms with van der Waals surface area (Å²) in [5.41, 5.74) is 0.828. The molecule has 1 fully saturated rings. The van der Waals surface area contributed by atoms with Crippen LogP contribution in [0.3, 0.4) is 0 Å². The second kappa shape index (κ2) is 12.1. The normalized spacial score (nSPS) is 29.1. The van der Waals surface area contributed by atoms with Crippen molar-refractivity contribution in [3.63, 3.8) is 0 Å². The van der Waals surface area contributed by atoms with E-state index in [9.17, 15) is 19.8 Å². The molecule has 0 bridgehead atoms. The standard InChI is InChI=1S/C24H34N2O6/c1-2-26(15-22(28)18-8-9-20-19(13-18)16-32-24(20)30)11-10-25-14-21(27)17-5-3-7-23(29)31-12-4-6-17/h3-4,6-9,13,17,19-22,25,27-28H,2,5,10-12,14-16H2,1H3/b6-4+,7-3+. The highest BCUT2D eigenvalue weighted by molar-refractivity contribution is 5.82. The molecule has 0 amide bonds. The third kappa shape index (κ3) is 6.87. The van der Waals surface area contributed by atoms with Crippen LogP contribution in [0.4, 0.5) is 0 Å². The highest BCUT2D eigenvalue weighted by atomic mass is 16.5. The molecule has 8 heteroatoms. The smallest absolute Gasteiger partial charge is 0.330 e. The molecule has 5 unspecified atom stereocenters. The minimum atomic E-state index is -0.630. The Hall–Kier alpha value is -2.26. The molecule has 32 heavy (non-hydrogen) atoms. The van der Waals surface area contributed by atoms with Gasteiger partial charge in [0.15, 0.2) is 0 Å². The molecule has 0 saturated carbocycles. The molecule has 0 radical (unpaired) electrons. The van der Waals surface area contributed by atoms with Crippen LogP contribution in [0.1, 0.15) is 13.3 Å². The van der Waals surface area contributed by atoms with E-state index in [-0.39, 0.29) is 36.3 Å². The molecule has 176 valence electrons. The average Bonchev–Trinajstić information content (AvgIpc) is 3.21. The number of allylic oxidation sites excluding steroid dienone is 1. The maximum atomic E-state index is 11.6. The molecular weight excluding hydrogens is 412 g/mol. The summed E-state index contributed by atoms with van der Waals surface area (Å²) in [7, 11) is 0. The zero-order valence-corrected chi connectivity index (χ0v) is 18.6. The third-order valence-electron chi connectivity index (χ3n) is 6.14. The van der Waals surface area contributed by atoms with Crippen molar-refractivity contribution < 1.29 is 29.3 Å². The maximum absolute atomic E-state index is 11.6. The van der Waals surface area contributed by atoms with Crippen molar-refractivity contribution in [3.05, 3.63) is 48.1 Å². The number of likely N-dealkylation sites (N-methyl/N-ethyl adjacent to an activating group) is 1. The van der Waals surface area contributed by atoms with Gasteiger partial charge in [-0.2, -0.15) is 0 Å². The summed E-state index contributed by atoms with van der Waals surface area (Å²) in [6.07, 6.45) is 11.8. The number of cyclic esters (lactones) is 2. The number of carbonyl (C=O) groups excluding carboxylic acids is 2. The molecule has 0 aromatic carbocycles. The van der Waals surface area contributed by atoms with Crippen LogP contribution in [-0.4, -0.2) is 85.2 Å². The van der Waals surface area contributed by atoms with E-state index < -0.39 is 12.2 Å². The Morgan fingerprint density at radius 3 is 2.84 bits per heavy atom. The number of esters is 2. The first kappa shape index (κ1) is 24.4. The van der Waals surface area contributed by atoms with Gasteiger partial charge in [-0.15, -0.1) is 0 Å². The topological polar surface area (TPSA) is 108 Å². The summed E-state index contributed by atoms with van der Waals surface area (Å²) in [4.78, 5) is 25.1. The average molecular weight is 447 g/mol. The Kier molecular flexibility index (Phi) is 9.23. The third-order valence-corrected chi connectivity index (χ3v) is 6.14. The first-order chi connectivity index (χ1) is 15.5. The Morgan fingerprint density at radius 2 is 2.03 bits per heavy atom. The zero-order chi connectivity index (χ0) is 22.9. The summed E-state index contributed by atoms with van der Waals surface area (Å²) in [5, 5.41) is 24.5. The van der Waals surface area contributed by atoms with E-state index in [0.717, 1.165) is 18.7 Å². The molecular formula is C24H34N2O6. The van der Waals surface area contributed by atoms with Gasteiger partial charge in [-0.1, -0.05) is 43.4 Å². The van der Waals surface area contributed by atoms with E-state index in [1.807, 2.05) is 31.2 Å². The Balaban J connectivity index is 1.39. The second-order valence-electron chi connectivity index (χ2n) is 8.39. The van der Waals surface area contributed by atoms with E-state index in [1.54, 1.807) is 12.2 Å². The fraction of sp³-hybridized carbons (Fsp3) is 0.583. The van der Waals surface area contributed by atoms with E-state index in [2.05, 4.69) is 10.2 Å². The first-order valence-electron chi connectivity index (χ1n) is 11.3. The van der Waals surface area contributed by atoms with Crippen LogP contribution in [0, 0.1) is 17.8 Å². The second-order valence-corrected chi connectivity index (χ2v) is 8.39. The molecule has 2 heterocycles. The summed E-state index contributed by atoms with van der Waals surface area (Å²) in [6.45, 7) is 5.75. The SMILES string of the molecule is CCN(CCNCC(O)C1/C=C/COC(=O)/C=C/C1)CC(O)C1=CC2COC(=O)C2C=C1. The lowest BCUT2D eigenvalue weighted by Crippen LogP contribution is -2.40.